The lowest BCUT2D eigenvalue weighted by molar-refractivity contribution is -0.131. The second-order valence-electron chi connectivity index (χ2n) is 4.48. The van der Waals surface area contributed by atoms with Gasteiger partial charge in [-0.15, -0.1) is 0 Å². The molecule has 0 fully saturated rings. The molecular formula is C17H16FNO2. The molecule has 0 amide bonds. The number of nitrogens with zero attached hydrogens (tertiary/aromatic N) is 1. The summed E-state index contributed by atoms with van der Waals surface area (Å²) in [6.45, 7) is 2.76. The molecule has 0 aromatic heterocycles. The average Bonchev–Trinajstić information content (AvgIpc) is 2.49. The summed E-state index contributed by atoms with van der Waals surface area (Å²) in [5.74, 6) is -1.23. The van der Waals surface area contributed by atoms with Crippen molar-refractivity contribution in [3.05, 3.63) is 66.0 Å². The largest absolute Gasteiger partial charge is 0.478 e. The summed E-state index contributed by atoms with van der Waals surface area (Å²) in [4.78, 5) is 12.5. The Hall–Kier alpha value is -2.62. The van der Waals surface area contributed by atoms with Gasteiger partial charge in [0.2, 0.25) is 0 Å². The van der Waals surface area contributed by atoms with Gasteiger partial charge in [0.25, 0.3) is 0 Å². The fraction of sp³-hybridized carbons (Fsp3) is 0.118. The number of aliphatic carboxylic acids is 1. The maximum atomic E-state index is 13.0. The van der Waals surface area contributed by atoms with E-state index in [9.17, 15) is 9.18 Å². The molecule has 0 spiro atoms. The minimum atomic E-state index is -0.972. The number of carboxylic acid groups (broad SMARTS) is 1. The van der Waals surface area contributed by atoms with Crippen molar-refractivity contribution < 1.29 is 14.3 Å². The monoisotopic (exact) mass is 285 g/mol. The molecule has 3 nitrogen and oxygen atoms in total. The van der Waals surface area contributed by atoms with Crippen LogP contribution < -0.4 is 4.90 Å². The van der Waals surface area contributed by atoms with Gasteiger partial charge in [0, 0.05) is 24.0 Å². The van der Waals surface area contributed by atoms with E-state index in [-0.39, 0.29) is 5.82 Å². The molecule has 0 saturated carbocycles. The van der Waals surface area contributed by atoms with E-state index < -0.39 is 5.97 Å². The Balaban J connectivity index is 2.23. The molecule has 0 bridgehead atoms. The highest BCUT2D eigenvalue weighted by atomic mass is 19.1. The molecule has 0 saturated heterocycles. The van der Waals surface area contributed by atoms with Crippen molar-refractivity contribution in [3.8, 4) is 0 Å². The summed E-state index contributed by atoms with van der Waals surface area (Å²) in [5, 5.41) is 8.60. The minimum Gasteiger partial charge on any atom is -0.478 e. The SMILES string of the molecule is CCN(c1ccc(F)cc1)c1ccc(C=CC(=O)O)cc1. The Bertz CT molecular complexity index is 633. The van der Waals surface area contributed by atoms with Crippen LogP contribution in [-0.4, -0.2) is 17.6 Å². The van der Waals surface area contributed by atoms with Crippen LogP contribution in [0.5, 0.6) is 0 Å². The normalized spacial score (nSPS) is 10.8. The predicted molar refractivity (Wildman–Crippen MR) is 82.2 cm³/mol. The second-order valence-corrected chi connectivity index (χ2v) is 4.48. The second kappa shape index (κ2) is 6.70. The van der Waals surface area contributed by atoms with Gasteiger partial charge in [-0.3, -0.25) is 0 Å². The highest BCUT2D eigenvalue weighted by Crippen LogP contribution is 2.25. The van der Waals surface area contributed by atoms with E-state index in [0.29, 0.717) is 0 Å². The molecule has 2 aromatic rings. The number of benzene rings is 2. The Morgan fingerprint density at radius 1 is 1.10 bits per heavy atom. The first-order valence-corrected chi connectivity index (χ1v) is 6.64. The lowest BCUT2D eigenvalue weighted by Crippen LogP contribution is -2.15. The van der Waals surface area contributed by atoms with E-state index in [1.165, 1.54) is 12.1 Å². The molecule has 1 N–H and O–H groups in total. The molecule has 0 atom stereocenters. The fourth-order valence-electron chi connectivity index (χ4n) is 2.07. The smallest absolute Gasteiger partial charge is 0.328 e. The van der Waals surface area contributed by atoms with Gasteiger partial charge in [-0.05, 0) is 55.0 Å². The highest BCUT2D eigenvalue weighted by molar-refractivity contribution is 5.85. The van der Waals surface area contributed by atoms with E-state index in [1.807, 2.05) is 36.1 Å². The van der Waals surface area contributed by atoms with Crippen LogP contribution in [0.15, 0.2) is 54.6 Å². The molecule has 108 valence electrons. The molecule has 2 rings (SSSR count). The number of carboxylic acids is 1. The van der Waals surface area contributed by atoms with Gasteiger partial charge in [-0.1, -0.05) is 12.1 Å². The van der Waals surface area contributed by atoms with Gasteiger partial charge in [0.15, 0.2) is 0 Å². The van der Waals surface area contributed by atoms with Crippen molar-refractivity contribution >= 4 is 23.4 Å². The summed E-state index contributed by atoms with van der Waals surface area (Å²) < 4.78 is 13.0. The zero-order chi connectivity index (χ0) is 15.2. The fourth-order valence-corrected chi connectivity index (χ4v) is 2.07. The Morgan fingerprint density at radius 3 is 2.10 bits per heavy atom. The number of carbonyl (C=O) groups is 1. The van der Waals surface area contributed by atoms with Crippen LogP contribution in [0.25, 0.3) is 6.08 Å². The first-order valence-electron chi connectivity index (χ1n) is 6.64. The van der Waals surface area contributed by atoms with Crippen molar-refractivity contribution in [1.29, 1.82) is 0 Å². The van der Waals surface area contributed by atoms with Crippen molar-refractivity contribution in [1.82, 2.24) is 0 Å². The number of anilines is 2. The standard InChI is InChI=1S/C17H16FNO2/c1-2-19(16-10-6-14(18)7-11-16)15-8-3-13(4-9-15)5-12-17(20)21/h3-12H,2H2,1H3,(H,20,21). The van der Waals surface area contributed by atoms with Crippen molar-refractivity contribution in [2.45, 2.75) is 6.92 Å². The number of hydrogen-bond acceptors (Lipinski definition) is 2. The van der Waals surface area contributed by atoms with Crippen molar-refractivity contribution in [2.24, 2.45) is 0 Å². The van der Waals surface area contributed by atoms with Crippen molar-refractivity contribution in [2.75, 3.05) is 11.4 Å². The molecule has 0 aliphatic heterocycles. The van der Waals surface area contributed by atoms with Crippen LogP contribution in [0.1, 0.15) is 12.5 Å². The maximum Gasteiger partial charge on any atom is 0.328 e. The predicted octanol–water partition coefficient (Wildman–Crippen LogP) is 4.08. The first kappa shape index (κ1) is 14.8. The molecule has 4 heteroatoms. The quantitative estimate of drug-likeness (QED) is 0.841. The molecule has 21 heavy (non-hydrogen) atoms. The van der Waals surface area contributed by atoms with Crippen molar-refractivity contribution in [3.63, 3.8) is 0 Å². The summed E-state index contributed by atoms with van der Waals surface area (Å²) in [6.07, 6.45) is 2.65. The summed E-state index contributed by atoms with van der Waals surface area (Å²) in [7, 11) is 0. The maximum absolute atomic E-state index is 13.0. The van der Waals surface area contributed by atoms with Crippen LogP contribution in [-0.2, 0) is 4.79 Å². The Morgan fingerprint density at radius 2 is 1.62 bits per heavy atom. The lowest BCUT2D eigenvalue weighted by Gasteiger charge is -2.23. The van der Waals surface area contributed by atoms with E-state index >= 15 is 0 Å². The van der Waals surface area contributed by atoms with E-state index in [4.69, 9.17) is 5.11 Å². The average molecular weight is 285 g/mol. The van der Waals surface area contributed by atoms with Crippen LogP contribution >= 0.6 is 0 Å². The van der Waals surface area contributed by atoms with Gasteiger partial charge in [0.1, 0.15) is 5.82 Å². The van der Waals surface area contributed by atoms with Gasteiger partial charge in [0.05, 0.1) is 0 Å². The van der Waals surface area contributed by atoms with Crippen LogP contribution in [0, 0.1) is 5.82 Å². The molecule has 2 aromatic carbocycles. The number of halogens is 1. The van der Waals surface area contributed by atoms with E-state index in [0.717, 1.165) is 29.6 Å². The first-order chi connectivity index (χ1) is 10.1. The van der Waals surface area contributed by atoms with Crippen LogP contribution in [0.4, 0.5) is 15.8 Å². The summed E-state index contributed by atoms with van der Waals surface area (Å²) >= 11 is 0. The number of hydrogen-bond donors (Lipinski definition) is 1. The third kappa shape index (κ3) is 3.92. The molecule has 0 heterocycles. The lowest BCUT2D eigenvalue weighted by atomic mass is 10.1. The molecule has 0 aliphatic rings. The third-order valence-electron chi connectivity index (χ3n) is 3.08. The molecule has 0 radical (unpaired) electrons. The minimum absolute atomic E-state index is 0.260. The summed E-state index contributed by atoms with van der Waals surface area (Å²) in [5.41, 5.74) is 2.70. The summed E-state index contributed by atoms with van der Waals surface area (Å²) in [6, 6.07) is 13.8. The molecule has 0 unspecified atom stereocenters. The Labute approximate surface area is 123 Å². The molecule has 0 aliphatic carbocycles. The van der Waals surface area contributed by atoms with E-state index in [2.05, 4.69) is 0 Å². The zero-order valence-corrected chi connectivity index (χ0v) is 11.7. The highest BCUT2D eigenvalue weighted by Gasteiger charge is 2.06. The Kier molecular flexibility index (Phi) is 4.72. The van der Waals surface area contributed by atoms with E-state index in [1.54, 1.807) is 18.2 Å². The van der Waals surface area contributed by atoms with Gasteiger partial charge in [-0.2, -0.15) is 0 Å². The van der Waals surface area contributed by atoms with Gasteiger partial charge in [-0.25, -0.2) is 9.18 Å². The third-order valence-corrected chi connectivity index (χ3v) is 3.08. The van der Waals surface area contributed by atoms with Gasteiger partial charge >= 0.3 is 5.97 Å². The van der Waals surface area contributed by atoms with Gasteiger partial charge < -0.3 is 10.0 Å². The van der Waals surface area contributed by atoms with Crippen LogP contribution in [0.3, 0.4) is 0 Å². The molecular weight excluding hydrogens is 269 g/mol. The topological polar surface area (TPSA) is 40.5 Å². The van der Waals surface area contributed by atoms with Crippen LogP contribution in [0.2, 0.25) is 0 Å². The number of rotatable bonds is 5. The zero-order valence-electron chi connectivity index (χ0n) is 11.7.